The normalized spacial score (nSPS) is 34.6. The van der Waals surface area contributed by atoms with Gasteiger partial charge in [0.2, 0.25) is 12.1 Å². The van der Waals surface area contributed by atoms with Crippen LogP contribution >= 0.6 is 0 Å². The first-order valence-electron chi connectivity index (χ1n) is 17.0. The number of hydrogen-bond donors (Lipinski definition) is 2. The zero-order chi connectivity index (χ0) is 33.9. The summed E-state index contributed by atoms with van der Waals surface area (Å²) in [5.41, 5.74) is 0. The van der Waals surface area contributed by atoms with Gasteiger partial charge in [-0.2, -0.15) is 0 Å². The second-order valence-electron chi connectivity index (χ2n) is 13.4. The van der Waals surface area contributed by atoms with E-state index in [0.717, 1.165) is 12.8 Å². The molecule has 0 aromatic heterocycles. The molecule has 0 spiro atoms. The highest BCUT2D eigenvalue weighted by Gasteiger charge is 2.50. The van der Waals surface area contributed by atoms with E-state index in [-0.39, 0.29) is 37.8 Å². The molecular formula is C31H48N2O14. The molecule has 6 unspecified atom stereocenters. The van der Waals surface area contributed by atoms with Crippen LogP contribution in [0.25, 0.3) is 0 Å². The van der Waals surface area contributed by atoms with Crippen molar-refractivity contribution in [1.29, 1.82) is 0 Å². The van der Waals surface area contributed by atoms with Crippen molar-refractivity contribution in [3.8, 4) is 0 Å². The Kier molecular flexibility index (Phi) is 14.1. The zero-order valence-electron chi connectivity index (χ0n) is 26.7. The van der Waals surface area contributed by atoms with Gasteiger partial charge in [-0.05, 0) is 83.5 Å². The highest BCUT2D eigenvalue weighted by atomic mass is 17.2. The maximum Gasteiger partial charge on any atom is 0.317 e. The minimum Gasteiger partial charge on any atom is -0.481 e. The molecule has 266 valence electrons. The van der Waals surface area contributed by atoms with Crippen LogP contribution in [0, 0.1) is 43.9 Å². The Morgan fingerprint density at radius 3 is 1.66 bits per heavy atom. The lowest BCUT2D eigenvalue weighted by Crippen LogP contribution is -2.47. The number of esters is 1. The van der Waals surface area contributed by atoms with Gasteiger partial charge in [0.1, 0.15) is 12.0 Å². The molecule has 4 fully saturated rings. The Morgan fingerprint density at radius 2 is 1.13 bits per heavy atom. The smallest absolute Gasteiger partial charge is 0.317 e. The Hall–Kier alpha value is -2.95. The first kappa shape index (κ1) is 36.9. The fourth-order valence-electron chi connectivity index (χ4n) is 7.68. The van der Waals surface area contributed by atoms with Gasteiger partial charge < -0.3 is 24.4 Å². The molecule has 47 heavy (non-hydrogen) atoms. The summed E-state index contributed by atoms with van der Waals surface area (Å²) >= 11 is 0. The van der Waals surface area contributed by atoms with Gasteiger partial charge in [0.25, 0.3) is 0 Å². The molecule has 6 atom stereocenters. The van der Waals surface area contributed by atoms with Crippen molar-refractivity contribution >= 4 is 17.9 Å². The van der Waals surface area contributed by atoms with Crippen molar-refractivity contribution in [2.75, 3.05) is 19.8 Å². The molecule has 0 saturated heterocycles. The van der Waals surface area contributed by atoms with Crippen LogP contribution in [-0.2, 0) is 38.4 Å². The topological polar surface area (TPSA) is 224 Å². The van der Waals surface area contributed by atoms with E-state index < -0.39 is 69.6 Å². The van der Waals surface area contributed by atoms with Gasteiger partial charge >= 0.3 is 17.9 Å². The fourth-order valence-corrected chi connectivity index (χ4v) is 7.68. The Bertz CT molecular complexity index is 1030. The number of hydrogen-bond acceptors (Lipinski definition) is 12. The number of carbonyl (C=O) groups excluding carboxylic acids is 1. The molecule has 0 bridgehead atoms. The van der Waals surface area contributed by atoms with Crippen LogP contribution in [0.5, 0.6) is 0 Å². The number of aliphatic carboxylic acids is 2. The number of carboxylic acid groups (broad SMARTS) is 2. The lowest BCUT2D eigenvalue weighted by Gasteiger charge is -2.33. The molecule has 4 saturated carbocycles. The molecule has 2 N–H and O–H groups in total. The summed E-state index contributed by atoms with van der Waals surface area (Å²) in [6, 6.07) is -2.19. The van der Waals surface area contributed by atoms with Gasteiger partial charge in [-0.15, -0.1) is 0 Å². The number of carbonyl (C=O) groups is 3. The third kappa shape index (κ3) is 10.5. The third-order valence-corrected chi connectivity index (χ3v) is 10.3. The molecule has 0 aliphatic heterocycles. The van der Waals surface area contributed by atoms with Gasteiger partial charge in [-0.1, -0.05) is 0 Å². The Balaban J connectivity index is 1.05. The summed E-state index contributed by atoms with van der Waals surface area (Å²) in [6.45, 7) is 0.922. The minimum atomic E-state index is -1.27. The quantitative estimate of drug-likeness (QED) is 0.0782. The van der Waals surface area contributed by atoms with Crippen molar-refractivity contribution in [3.63, 3.8) is 0 Å². The predicted octanol–water partition coefficient (Wildman–Crippen LogP) is 3.82. The summed E-state index contributed by atoms with van der Waals surface area (Å²) in [4.78, 5) is 68.9. The Labute approximate surface area is 273 Å². The molecule has 4 rings (SSSR count). The summed E-state index contributed by atoms with van der Waals surface area (Å²) in [6.07, 6.45) is 7.60. The average Bonchev–Trinajstić information content (AvgIpc) is 3.05. The van der Waals surface area contributed by atoms with E-state index in [0.29, 0.717) is 83.8 Å². The molecule has 0 aromatic rings. The molecule has 4 aliphatic carbocycles. The second kappa shape index (κ2) is 18.0. The maximum atomic E-state index is 12.9. The van der Waals surface area contributed by atoms with Crippen LogP contribution in [-0.4, -0.2) is 94.3 Å². The van der Waals surface area contributed by atoms with E-state index in [1.807, 2.05) is 0 Å². The second-order valence-corrected chi connectivity index (χ2v) is 13.4. The van der Waals surface area contributed by atoms with Crippen molar-refractivity contribution in [1.82, 2.24) is 0 Å². The SMILES string of the molecule is O=C(O)C1CCCC([N+](=O)[O-])C1COOC1CCC(OCCCOC2CCC(OC(=O)C3C(C(=O)O)CCCC3[N+](=O)[O-])CC2)CC1. The number of nitrogens with zero attached hydrogens (tertiary/aromatic N) is 2. The number of carboxylic acids is 2. The van der Waals surface area contributed by atoms with Crippen LogP contribution in [0.1, 0.15) is 96.3 Å². The fraction of sp³-hybridized carbons (Fsp3) is 0.903. The monoisotopic (exact) mass is 672 g/mol. The molecule has 16 heteroatoms. The highest BCUT2D eigenvalue weighted by Crippen LogP contribution is 2.35. The van der Waals surface area contributed by atoms with Crippen LogP contribution < -0.4 is 0 Å². The van der Waals surface area contributed by atoms with Crippen LogP contribution in [0.3, 0.4) is 0 Å². The van der Waals surface area contributed by atoms with Gasteiger partial charge in [0, 0.05) is 35.9 Å². The zero-order valence-corrected chi connectivity index (χ0v) is 26.7. The number of nitro groups is 2. The molecule has 0 aromatic carbocycles. The molecule has 0 heterocycles. The predicted molar refractivity (Wildman–Crippen MR) is 160 cm³/mol. The van der Waals surface area contributed by atoms with E-state index >= 15 is 0 Å². The summed E-state index contributed by atoms with van der Waals surface area (Å²) < 4.78 is 17.6. The van der Waals surface area contributed by atoms with Crippen molar-refractivity contribution < 1.29 is 58.4 Å². The molecule has 4 aliphatic rings. The first-order chi connectivity index (χ1) is 22.5. The maximum absolute atomic E-state index is 12.9. The summed E-state index contributed by atoms with van der Waals surface area (Å²) in [5.74, 6) is -6.95. The van der Waals surface area contributed by atoms with Crippen molar-refractivity contribution in [2.24, 2.45) is 23.7 Å². The van der Waals surface area contributed by atoms with E-state index in [2.05, 4.69) is 0 Å². The van der Waals surface area contributed by atoms with Gasteiger partial charge in [0.15, 0.2) is 0 Å². The lowest BCUT2D eigenvalue weighted by molar-refractivity contribution is -0.541. The minimum absolute atomic E-state index is 0.00512. The van der Waals surface area contributed by atoms with Crippen LogP contribution in [0.15, 0.2) is 0 Å². The van der Waals surface area contributed by atoms with E-state index in [1.165, 1.54) is 0 Å². The largest absolute Gasteiger partial charge is 0.481 e. The third-order valence-electron chi connectivity index (χ3n) is 10.3. The molecular weight excluding hydrogens is 624 g/mol. The molecule has 0 amide bonds. The van der Waals surface area contributed by atoms with Gasteiger partial charge in [-0.25, -0.2) is 9.78 Å². The standard InChI is InChI=1S/C31H48N2O14/c34-29(35)23-4-1-6-26(32(39)40)25(23)18-45-47-22-14-10-20(11-15-22)44-17-3-16-43-19-8-12-21(13-9-19)46-31(38)28-24(30(36)37)5-2-7-27(28)33(41)42/h19-28H,1-18H2,(H,34,35)(H,36,37). The van der Waals surface area contributed by atoms with Crippen molar-refractivity contribution in [3.05, 3.63) is 20.2 Å². The van der Waals surface area contributed by atoms with E-state index in [9.17, 15) is 44.8 Å². The van der Waals surface area contributed by atoms with Gasteiger partial charge in [-0.3, -0.25) is 34.6 Å². The van der Waals surface area contributed by atoms with Crippen molar-refractivity contribution in [2.45, 2.75) is 133 Å². The van der Waals surface area contributed by atoms with Crippen LogP contribution in [0.4, 0.5) is 0 Å². The van der Waals surface area contributed by atoms with E-state index in [1.54, 1.807) is 0 Å². The summed E-state index contributed by atoms with van der Waals surface area (Å²) in [7, 11) is 0. The number of ether oxygens (including phenoxy) is 3. The van der Waals surface area contributed by atoms with Gasteiger partial charge in [0.05, 0.1) is 42.7 Å². The lowest BCUT2D eigenvalue weighted by atomic mass is 9.76. The number of rotatable bonds is 16. The molecule has 16 nitrogen and oxygen atoms in total. The first-order valence-corrected chi connectivity index (χ1v) is 17.0. The molecule has 0 radical (unpaired) electrons. The Morgan fingerprint density at radius 1 is 0.638 bits per heavy atom. The average molecular weight is 673 g/mol. The van der Waals surface area contributed by atoms with Crippen LogP contribution in [0.2, 0.25) is 0 Å². The highest BCUT2D eigenvalue weighted by molar-refractivity contribution is 5.82. The summed E-state index contributed by atoms with van der Waals surface area (Å²) in [5, 5.41) is 41.9. The van der Waals surface area contributed by atoms with E-state index in [4.69, 9.17) is 24.0 Å².